The number of nitrogens with one attached hydrogen (secondary N) is 2. The average molecular weight is 256 g/mol. The van der Waals surface area contributed by atoms with Crippen LogP contribution in [0.15, 0.2) is 30.5 Å². The first-order chi connectivity index (χ1) is 9.25. The van der Waals surface area contributed by atoms with Crippen molar-refractivity contribution in [2.45, 2.75) is 26.4 Å². The molecule has 3 rings (SSSR count). The smallest absolute Gasteiger partial charge is 0.170 e. The number of hydrogen-bond donors (Lipinski definition) is 2. The summed E-state index contributed by atoms with van der Waals surface area (Å²) in [7, 11) is 0. The number of para-hydroxylation sites is 1. The Bertz CT molecular complexity index is 681. The minimum atomic E-state index is 0.396. The fourth-order valence-electron chi connectivity index (χ4n) is 2.03. The molecule has 1 aromatic carbocycles. The van der Waals surface area contributed by atoms with Crippen LogP contribution < -0.4 is 5.32 Å². The maximum atomic E-state index is 4.08. The first kappa shape index (κ1) is 11.9. The van der Waals surface area contributed by atoms with E-state index in [0.717, 1.165) is 22.4 Å². The zero-order chi connectivity index (χ0) is 13.2. The van der Waals surface area contributed by atoms with Gasteiger partial charge in [0.05, 0.1) is 12.2 Å². The summed E-state index contributed by atoms with van der Waals surface area (Å²) in [4.78, 5) is 3.23. The van der Waals surface area contributed by atoms with Crippen LogP contribution in [0.1, 0.15) is 19.7 Å². The normalized spacial score (nSPS) is 11.5. The second kappa shape index (κ2) is 4.81. The molecule has 6 nitrogen and oxygen atoms in total. The van der Waals surface area contributed by atoms with Crippen molar-refractivity contribution in [3.05, 3.63) is 36.3 Å². The van der Waals surface area contributed by atoms with Crippen LogP contribution in [0.4, 0.5) is 0 Å². The summed E-state index contributed by atoms with van der Waals surface area (Å²) in [5, 5.41) is 16.4. The summed E-state index contributed by atoms with van der Waals surface area (Å²) in [5.74, 6) is 0.804. The molecular weight excluding hydrogens is 240 g/mol. The summed E-state index contributed by atoms with van der Waals surface area (Å²) in [6.45, 7) is 4.84. The predicted octanol–water partition coefficient (Wildman–Crippen LogP) is 1.64. The van der Waals surface area contributed by atoms with Crippen molar-refractivity contribution in [1.82, 2.24) is 30.5 Å². The zero-order valence-electron chi connectivity index (χ0n) is 11.0. The third-order valence-electron chi connectivity index (χ3n) is 3.00. The second-order valence-electron chi connectivity index (χ2n) is 4.76. The molecule has 0 saturated carbocycles. The van der Waals surface area contributed by atoms with Gasteiger partial charge in [0.1, 0.15) is 0 Å². The van der Waals surface area contributed by atoms with Crippen LogP contribution in [-0.2, 0) is 6.54 Å². The van der Waals surface area contributed by atoms with Crippen LogP contribution >= 0.6 is 0 Å². The number of rotatable bonds is 4. The average Bonchev–Trinajstić information content (AvgIpc) is 3.02. The van der Waals surface area contributed by atoms with Gasteiger partial charge in [-0.3, -0.25) is 0 Å². The summed E-state index contributed by atoms with van der Waals surface area (Å²) >= 11 is 0. The van der Waals surface area contributed by atoms with E-state index in [9.17, 15) is 0 Å². The van der Waals surface area contributed by atoms with E-state index >= 15 is 0 Å². The van der Waals surface area contributed by atoms with E-state index in [1.54, 1.807) is 4.68 Å². The lowest BCUT2D eigenvalue weighted by atomic mass is 10.2. The molecule has 0 atom stereocenters. The van der Waals surface area contributed by atoms with E-state index < -0.39 is 0 Å². The van der Waals surface area contributed by atoms with Crippen LogP contribution in [0, 0.1) is 0 Å². The first-order valence-corrected chi connectivity index (χ1v) is 6.33. The summed E-state index contributed by atoms with van der Waals surface area (Å²) < 4.78 is 1.77. The molecule has 2 heterocycles. The van der Waals surface area contributed by atoms with Gasteiger partial charge in [0, 0.05) is 23.1 Å². The molecule has 0 fully saturated rings. The highest BCUT2D eigenvalue weighted by atomic mass is 15.5. The van der Waals surface area contributed by atoms with Gasteiger partial charge in [0.15, 0.2) is 5.82 Å². The van der Waals surface area contributed by atoms with Crippen molar-refractivity contribution in [3.63, 3.8) is 0 Å². The molecule has 0 spiro atoms. The Morgan fingerprint density at radius 3 is 3.00 bits per heavy atom. The van der Waals surface area contributed by atoms with Gasteiger partial charge in [-0.1, -0.05) is 32.0 Å². The van der Waals surface area contributed by atoms with Gasteiger partial charge in [0.2, 0.25) is 0 Å². The Balaban J connectivity index is 2.00. The van der Waals surface area contributed by atoms with E-state index in [4.69, 9.17) is 0 Å². The van der Waals surface area contributed by atoms with Crippen molar-refractivity contribution in [3.8, 4) is 5.69 Å². The molecule has 98 valence electrons. The van der Waals surface area contributed by atoms with Crippen LogP contribution in [0.3, 0.4) is 0 Å². The molecule has 0 saturated heterocycles. The van der Waals surface area contributed by atoms with E-state index in [1.165, 1.54) is 0 Å². The number of benzene rings is 1. The molecular formula is C13H16N6. The van der Waals surface area contributed by atoms with Gasteiger partial charge >= 0.3 is 0 Å². The molecule has 0 unspecified atom stereocenters. The van der Waals surface area contributed by atoms with Gasteiger partial charge in [-0.25, -0.2) is 0 Å². The highest BCUT2D eigenvalue weighted by Gasteiger charge is 2.12. The molecule has 0 amide bonds. The lowest BCUT2D eigenvalue weighted by molar-refractivity contribution is 0.563. The lowest BCUT2D eigenvalue weighted by Gasteiger charge is -2.07. The summed E-state index contributed by atoms with van der Waals surface area (Å²) in [6.07, 6.45) is 1.93. The Morgan fingerprint density at radius 1 is 1.32 bits per heavy atom. The number of fused-ring (bicyclic) bond motifs is 1. The molecule has 3 aromatic rings. The number of aromatic nitrogens is 5. The molecule has 0 radical (unpaired) electrons. The van der Waals surface area contributed by atoms with Gasteiger partial charge < -0.3 is 10.3 Å². The molecule has 0 bridgehead atoms. The van der Waals surface area contributed by atoms with Crippen molar-refractivity contribution in [2.24, 2.45) is 0 Å². The van der Waals surface area contributed by atoms with E-state index in [1.807, 2.05) is 24.4 Å². The Morgan fingerprint density at radius 2 is 2.16 bits per heavy atom. The number of tetrazole rings is 1. The molecule has 0 aliphatic heterocycles. The topological polar surface area (TPSA) is 71.4 Å². The Labute approximate surface area is 110 Å². The van der Waals surface area contributed by atoms with Gasteiger partial charge in [0.25, 0.3) is 0 Å². The third kappa shape index (κ3) is 2.22. The highest BCUT2D eigenvalue weighted by molar-refractivity contribution is 5.88. The fourth-order valence-corrected chi connectivity index (χ4v) is 2.03. The van der Waals surface area contributed by atoms with E-state index in [-0.39, 0.29) is 0 Å². The van der Waals surface area contributed by atoms with Crippen LogP contribution in [0.5, 0.6) is 0 Å². The summed E-state index contributed by atoms with van der Waals surface area (Å²) in [5.41, 5.74) is 2.05. The Hall–Kier alpha value is -2.21. The largest absolute Gasteiger partial charge is 0.359 e. The van der Waals surface area contributed by atoms with E-state index in [2.05, 4.69) is 45.7 Å². The number of nitrogens with zero attached hydrogens (tertiary/aromatic N) is 4. The first-order valence-electron chi connectivity index (χ1n) is 6.33. The number of aromatic amines is 1. The second-order valence-corrected chi connectivity index (χ2v) is 4.76. The van der Waals surface area contributed by atoms with Crippen LogP contribution in [0.2, 0.25) is 0 Å². The minimum Gasteiger partial charge on any atom is -0.359 e. The standard InChI is InChI=1S/C13H16N6/c1-9(2)14-8-13-16-17-18-19(13)12-7-15-11-6-4-3-5-10(11)12/h3-7,9,14-15H,8H2,1-2H3. The molecule has 19 heavy (non-hydrogen) atoms. The SMILES string of the molecule is CC(C)NCc1nnnn1-c1c[nH]c2ccccc12. The van der Waals surface area contributed by atoms with Crippen molar-refractivity contribution < 1.29 is 0 Å². The van der Waals surface area contributed by atoms with Crippen LogP contribution in [0.25, 0.3) is 16.6 Å². The molecule has 2 N–H and O–H groups in total. The minimum absolute atomic E-state index is 0.396. The molecule has 0 aliphatic carbocycles. The quantitative estimate of drug-likeness (QED) is 0.744. The van der Waals surface area contributed by atoms with Crippen molar-refractivity contribution in [1.29, 1.82) is 0 Å². The monoisotopic (exact) mass is 256 g/mol. The molecule has 6 heteroatoms. The Kier molecular flexibility index (Phi) is 3.00. The summed E-state index contributed by atoms with van der Waals surface area (Å²) in [6, 6.07) is 8.50. The number of H-pyrrole nitrogens is 1. The van der Waals surface area contributed by atoms with Gasteiger partial charge in [-0.15, -0.1) is 5.10 Å². The lowest BCUT2D eigenvalue weighted by Crippen LogP contribution is -2.24. The molecule has 0 aliphatic rings. The van der Waals surface area contributed by atoms with E-state index in [0.29, 0.717) is 12.6 Å². The van der Waals surface area contributed by atoms with Crippen LogP contribution in [-0.4, -0.2) is 31.2 Å². The maximum absolute atomic E-state index is 4.08. The van der Waals surface area contributed by atoms with Gasteiger partial charge in [-0.05, 0) is 16.5 Å². The van der Waals surface area contributed by atoms with Crippen molar-refractivity contribution >= 4 is 10.9 Å². The fraction of sp³-hybridized carbons (Fsp3) is 0.308. The highest BCUT2D eigenvalue weighted by Crippen LogP contribution is 2.21. The predicted molar refractivity (Wildman–Crippen MR) is 73.0 cm³/mol. The van der Waals surface area contributed by atoms with Crippen molar-refractivity contribution in [2.75, 3.05) is 0 Å². The number of hydrogen-bond acceptors (Lipinski definition) is 4. The maximum Gasteiger partial charge on any atom is 0.170 e. The van der Waals surface area contributed by atoms with Gasteiger partial charge in [-0.2, -0.15) is 4.68 Å². The zero-order valence-corrected chi connectivity index (χ0v) is 11.0. The third-order valence-corrected chi connectivity index (χ3v) is 3.00. The molecule has 2 aromatic heterocycles.